The largest absolute Gasteiger partial charge is 0.380 e. The number of halogens is 2. The maximum absolute atomic E-state index is 13.4. The summed E-state index contributed by atoms with van der Waals surface area (Å²) in [7, 11) is 0. The summed E-state index contributed by atoms with van der Waals surface area (Å²) in [6, 6.07) is 11.0. The van der Waals surface area contributed by atoms with Crippen molar-refractivity contribution in [3.8, 4) is 5.69 Å². The third kappa shape index (κ3) is 3.85. The van der Waals surface area contributed by atoms with Gasteiger partial charge in [0.25, 0.3) is 5.91 Å². The third-order valence-electron chi connectivity index (χ3n) is 4.81. The zero-order valence-electron chi connectivity index (χ0n) is 15.1. The predicted molar refractivity (Wildman–Crippen MR) is 100 cm³/mol. The number of amides is 1. The van der Waals surface area contributed by atoms with Crippen LogP contribution in [0.15, 0.2) is 55.1 Å². The molecular weight excluding hydrogens is 364 g/mol. The van der Waals surface area contributed by atoms with Gasteiger partial charge in [-0.3, -0.25) is 9.36 Å². The lowest BCUT2D eigenvalue weighted by molar-refractivity contribution is 0.0715. The molecule has 144 valence electrons. The van der Waals surface area contributed by atoms with E-state index < -0.39 is 11.6 Å². The monoisotopic (exact) mass is 383 g/mol. The molecule has 28 heavy (non-hydrogen) atoms. The number of hydrogen-bond acceptors (Lipinski definition) is 4. The Kier molecular flexibility index (Phi) is 5.01. The van der Waals surface area contributed by atoms with Gasteiger partial charge in [0.05, 0.1) is 0 Å². The fourth-order valence-corrected chi connectivity index (χ4v) is 3.42. The molecule has 1 aliphatic rings. The van der Waals surface area contributed by atoms with E-state index in [2.05, 4.69) is 15.5 Å². The Morgan fingerprint density at radius 3 is 2.68 bits per heavy atom. The number of piperidine rings is 1. The van der Waals surface area contributed by atoms with Crippen LogP contribution in [0.5, 0.6) is 0 Å². The van der Waals surface area contributed by atoms with Crippen molar-refractivity contribution in [2.45, 2.75) is 18.9 Å². The van der Waals surface area contributed by atoms with Gasteiger partial charge in [-0.25, -0.2) is 8.78 Å². The Morgan fingerprint density at radius 1 is 1.07 bits per heavy atom. The van der Waals surface area contributed by atoms with Crippen molar-refractivity contribution in [3.05, 3.63) is 72.3 Å². The van der Waals surface area contributed by atoms with E-state index in [9.17, 15) is 13.6 Å². The van der Waals surface area contributed by atoms with Crippen LogP contribution in [0.25, 0.3) is 5.69 Å². The molecule has 1 fully saturated rings. The molecule has 1 unspecified atom stereocenters. The van der Waals surface area contributed by atoms with Gasteiger partial charge in [0.15, 0.2) is 11.6 Å². The van der Waals surface area contributed by atoms with Crippen molar-refractivity contribution >= 4 is 11.6 Å². The number of benzene rings is 2. The van der Waals surface area contributed by atoms with Gasteiger partial charge in [0.1, 0.15) is 12.7 Å². The SMILES string of the molecule is O=C(c1cccc(-n2cnnc2)c1)N1CCCC(Nc2ccc(F)c(F)c2)C1. The van der Waals surface area contributed by atoms with Crippen LogP contribution in [0, 0.1) is 11.6 Å². The summed E-state index contributed by atoms with van der Waals surface area (Å²) in [6.07, 6.45) is 4.83. The Hall–Kier alpha value is -3.29. The lowest BCUT2D eigenvalue weighted by atomic mass is 10.0. The van der Waals surface area contributed by atoms with Crippen LogP contribution in [0.2, 0.25) is 0 Å². The number of carbonyl (C=O) groups excluding carboxylic acids is 1. The normalized spacial score (nSPS) is 16.8. The average Bonchev–Trinajstić information content (AvgIpc) is 3.25. The molecule has 1 aromatic heterocycles. The molecule has 1 aliphatic heterocycles. The molecule has 0 bridgehead atoms. The molecule has 4 rings (SSSR count). The smallest absolute Gasteiger partial charge is 0.253 e. The van der Waals surface area contributed by atoms with Crippen LogP contribution < -0.4 is 5.32 Å². The van der Waals surface area contributed by atoms with E-state index in [1.165, 1.54) is 6.07 Å². The van der Waals surface area contributed by atoms with Crippen molar-refractivity contribution in [2.75, 3.05) is 18.4 Å². The summed E-state index contributed by atoms with van der Waals surface area (Å²) >= 11 is 0. The van der Waals surface area contributed by atoms with Crippen molar-refractivity contribution in [3.63, 3.8) is 0 Å². The maximum Gasteiger partial charge on any atom is 0.253 e. The maximum atomic E-state index is 13.4. The second-order valence-corrected chi connectivity index (χ2v) is 6.78. The summed E-state index contributed by atoms with van der Waals surface area (Å²) in [5.74, 6) is -1.83. The van der Waals surface area contributed by atoms with E-state index in [4.69, 9.17) is 0 Å². The first-order valence-electron chi connectivity index (χ1n) is 9.06. The number of nitrogens with one attached hydrogen (secondary N) is 1. The number of carbonyl (C=O) groups is 1. The molecule has 1 saturated heterocycles. The molecule has 1 N–H and O–H groups in total. The number of aromatic nitrogens is 3. The molecule has 3 aromatic rings. The van der Waals surface area contributed by atoms with Crippen molar-refractivity contribution in [2.24, 2.45) is 0 Å². The Balaban J connectivity index is 1.46. The van der Waals surface area contributed by atoms with Gasteiger partial charge in [-0.2, -0.15) is 0 Å². The van der Waals surface area contributed by atoms with E-state index >= 15 is 0 Å². The zero-order valence-corrected chi connectivity index (χ0v) is 15.1. The molecule has 6 nitrogen and oxygen atoms in total. The second kappa shape index (κ2) is 7.75. The third-order valence-corrected chi connectivity index (χ3v) is 4.81. The van der Waals surface area contributed by atoms with Crippen LogP contribution in [0.4, 0.5) is 14.5 Å². The molecule has 0 aliphatic carbocycles. The highest BCUT2D eigenvalue weighted by Crippen LogP contribution is 2.20. The molecule has 8 heteroatoms. The molecule has 0 saturated carbocycles. The van der Waals surface area contributed by atoms with Crippen LogP contribution in [0.3, 0.4) is 0 Å². The Morgan fingerprint density at radius 2 is 1.89 bits per heavy atom. The zero-order chi connectivity index (χ0) is 19.5. The van der Waals surface area contributed by atoms with Gasteiger partial charge >= 0.3 is 0 Å². The number of anilines is 1. The quantitative estimate of drug-likeness (QED) is 0.751. The van der Waals surface area contributed by atoms with Crippen molar-refractivity contribution in [1.82, 2.24) is 19.7 Å². The number of nitrogens with zero attached hydrogens (tertiary/aromatic N) is 4. The lowest BCUT2D eigenvalue weighted by Gasteiger charge is -2.34. The molecular formula is C20H19F2N5O. The van der Waals surface area contributed by atoms with E-state index in [1.54, 1.807) is 34.3 Å². The van der Waals surface area contributed by atoms with Crippen LogP contribution in [0.1, 0.15) is 23.2 Å². The van der Waals surface area contributed by atoms with Gasteiger partial charge in [-0.15, -0.1) is 10.2 Å². The Labute approximate surface area is 160 Å². The summed E-state index contributed by atoms with van der Waals surface area (Å²) in [5, 5.41) is 10.8. The van der Waals surface area contributed by atoms with E-state index in [1.807, 2.05) is 12.1 Å². The standard InChI is InChI=1S/C20H19F2N5O/c21-18-7-6-15(10-19(18)22)25-16-4-2-8-26(11-16)20(28)14-3-1-5-17(9-14)27-12-23-24-13-27/h1,3,5-7,9-10,12-13,16,25H,2,4,8,11H2. The first-order chi connectivity index (χ1) is 13.6. The van der Waals surface area contributed by atoms with E-state index in [-0.39, 0.29) is 11.9 Å². The average molecular weight is 383 g/mol. The van der Waals surface area contributed by atoms with Gasteiger partial charge in [0, 0.05) is 42.1 Å². The molecule has 2 aromatic carbocycles. The van der Waals surface area contributed by atoms with Gasteiger partial charge in [0.2, 0.25) is 0 Å². The summed E-state index contributed by atoms with van der Waals surface area (Å²) in [6.45, 7) is 1.15. The fraction of sp³-hybridized carbons (Fsp3) is 0.250. The summed E-state index contributed by atoms with van der Waals surface area (Å²) in [5.41, 5.74) is 1.90. The summed E-state index contributed by atoms with van der Waals surface area (Å²) in [4.78, 5) is 14.8. The van der Waals surface area contributed by atoms with Crippen LogP contribution in [-0.4, -0.2) is 44.7 Å². The van der Waals surface area contributed by atoms with Crippen molar-refractivity contribution < 1.29 is 13.6 Å². The number of likely N-dealkylation sites (tertiary alicyclic amines) is 1. The summed E-state index contributed by atoms with van der Waals surface area (Å²) < 4.78 is 28.3. The fourth-order valence-electron chi connectivity index (χ4n) is 3.42. The van der Waals surface area contributed by atoms with Crippen LogP contribution >= 0.6 is 0 Å². The van der Waals surface area contributed by atoms with Gasteiger partial charge < -0.3 is 10.2 Å². The highest BCUT2D eigenvalue weighted by molar-refractivity contribution is 5.94. The molecule has 2 heterocycles. The Bertz CT molecular complexity index is 976. The highest BCUT2D eigenvalue weighted by Gasteiger charge is 2.25. The van der Waals surface area contributed by atoms with Crippen LogP contribution in [-0.2, 0) is 0 Å². The minimum atomic E-state index is -0.889. The van der Waals surface area contributed by atoms with E-state index in [0.29, 0.717) is 24.3 Å². The number of hydrogen-bond donors (Lipinski definition) is 1. The first kappa shape index (κ1) is 18.1. The van der Waals surface area contributed by atoms with Crippen molar-refractivity contribution in [1.29, 1.82) is 0 Å². The predicted octanol–water partition coefficient (Wildman–Crippen LogP) is 3.26. The van der Waals surface area contributed by atoms with Gasteiger partial charge in [-0.1, -0.05) is 6.07 Å². The highest BCUT2D eigenvalue weighted by atomic mass is 19.2. The lowest BCUT2D eigenvalue weighted by Crippen LogP contribution is -2.45. The second-order valence-electron chi connectivity index (χ2n) is 6.78. The molecule has 1 atom stereocenters. The van der Waals surface area contributed by atoms with Gasteiger partial charge in [-0.05, 0) is 43.2 Å². The minimum absolute atomic E-state index is 0.0245. The topological polar surface area (TPSA) is 63.1 Å². The van der Waals surface area contributed by atoms with E-state index in [0.717, 1.165) is 30.7 Å². The molecule has 0 radical (unpaired) electrons. The molecule has 0 spiro atoms. The minimum Gasteiger partial charge on any atom is -0.380 e. The molecule has 1 amide bonds. The first-order valence-corrected chi connectivity index (χ1v) is 9.06. The number of rotatable bonds is 4.